The van der Waals surface area contributed by atoms with Crippen molar-refractivity contribution in [2.45, 2.75) is 64.1 Å². The Labute approximate surface area is 167 Å². The van der Waals surface area contributed by atoms with Crippen LogP contribution in [0.4, 0.5) is 13.2 Å². The van der Waals surface area contributed by atoms with Crippen molar-refractivity contribution >= 4 is 26.7 Å². The third-order valence-corrected chi connectivity index (χ3v) is 6.15. The van der Waals surface area contributed by atoms with Gasteiger partial charge in [-0.3, -0.25) is 0 Å². The third kappa shape index (κ3) is 4.98. The maximum Gasteiger partial charge on any atom is 0.420 e. The number of fused-ring (bicyclic) bond motifs is 1. The van der Waals surface area contributed by atoms with Gasteiger partial charge < -0.3 is 4.74 Å². The van der Waals surface area contributed by atoms with Gasteiger partial charge in [0.25, 0.3) is 0 Å². The highest BCUT2D eigenvalue weighted by Gasteiger charge is 2.37. The molecule has 0 spiro atoms. The van der Waals surface area contributed by atoms with E-state index in [9.17, 15) is 13.2 Å². The van der Waals surface area contributed by atoms with Gasteiger partial charge in [-0.1, -0.05) is 53.5 Å². The van der Waals surface area contributed by atoms with Crippen molar-refractivity contribution in [3.63, 3.8) is 0 Å². The van der Waals surface area contributed by atoms with Gasteiger partial charge in [0.2, 0.25) is 0 Å². The molecule has 1 nitrogen and oxygen atoms in total. The van der Waals surface area contributed by atoms with Crippen molar-refractivity contribution in [3.8, 4) is 5.75 Å². The molecule has 2 aromatic carbocycles. The number of aryl methyl sites for hydroxylation is 1. The topological polar surface area (TPSA) is 9.23 Å². The molecule has 1 fully saturated rings. The predicted molar refractivity (Wildman–Crippen MR) is 108 cm³/mol. The molecular formula is C22H26BrF3O. The van der Waals surface area contributed by atoms with E-state index in [1.165, 1.54) is 6.07 Å². The molecule has 0 saturated heterocycles. The number of hydrogen-bond acceptors (Lipinski definition) is 1. The largest absolute Gasteiger partial charge is 0.490 e. The fourth-order valence-electron chi connectivity index (χ4n) is 4.01. The van der Waals surface area contributed by atoms with Crippen molar-refractivity contribution in [3.05, 3.63) is 41.5 Å². The van der Waals surface area contributed by atoms with Crippen LogP contribution in [0.1, 0.15) is 56.6 Å². The second-order valence-corrected chi connectivity index (χ2v) is 8.25. The molecule has 1 aliphatic rings. The normalized spacial score (nSPS) is 20.8. The van der Waals surface area contributed by atoms with Crippen LogP contribution >= 0.6 is 15.9 Å². The minimum Gasteiger partial charge on any atom is -0.490 e. The summed E-state index contributed by atoms with van der Waals surface area (Å²) in [5.74, 6) is 0.657. The van der Waals surface area contributed by atoms with Crippen LogP contribution in [0.3, 0.4) is 0 Å². The average molecular weight is 443 g/mol. The smallest absolute Gasteiger partial charge is 0.420 e. The maximum atomic E-state index is 13.9. The zero-order valence-corrected chi connectivity index (χ0v) is 17.2. The summed E-state index contributed by atoms with van der Waals surface area (Å²) in [4.78, 5) is 0. The predicted octanol–water partition coefficient (Wildman–Crippen LogP) is 7.53. The summed E-state index contributed by atoms with van der Waals surface area (Å²) >= 11 is 3.39. The van der Waals surface area contributed by atoms with Gasteiger partial charge in [0.1, 0.15) is 11.3 Å². The first-order chi connectivity index (χ1) is 12.9. The zero-order valence-electron chi connectivity index (χ0n) is 15.6. The van der Waals surface area contributed by atoms with Gasteiger partial charge in [0.05, 0.1) is 6.10 Å². The SMILES string of the molecule is CCC1CCC(Oc2ccc3cc(CCCBr)ccc3c2C(F)(F)F)CC1. The molecule has 0 amide bonds. The molecule has 0 bridgehead atoms. The number of halogens is 4. The summed E-state index contributed by atoms with van der Waals surface area (Å²) < 4.78 is 47.5. The maximum absolute atomic E-state index is 13.9. The summed E-state index contributed by atoms with van der Waals surface area (Å²) in [5.41, 5.74) is 0.422. The molecule has 0 atom stereocenters. The molecule has 1 saturated carbocycles. The summed E-state index contributed by atoms with van der Waals surface area (Å²) in [6.45, 7) is 2.17. The van der Waals surface area contributed by atoms with Crippen LogP contribution in [-0.4, -0.2) is 11.4 Å². The standard InChI is InChI=1S/C22H26BrF3O/c1-2-15-5-9-18(10-6-15)27-20-12-8-17-14-16(4-3-13-23)7-11-19(17)21(20)22(24,25)26/h7-8,11-12,14-15,18H,2-6,9-10,13H2,1H3. The lowest BCUT2D eigenvalue weighted by Gasteiger charge is -2.29. The highest BCUT2D eigenvalue weighted by molar-refractivity contribution is 9.09. The first kappa shape index (κ1) is 20.5. The van der Waals surface area contributed by atoms with Gasteiger partial charge in [-0.2, -0.15) is 13.2 Å². The lowest BCUT2D eigenvalue weighted by atomic mass is 9.86. The summed E-state index contributed by atoms with van der Waals surface area (Å²) in [6.07, 6.45) is 2.12. The number of benzene rings is 2. The van der Waals surface area contributed by atoms with Crippen molar-refractivity contribution < 1.29 is 17.9 Å². The van der Waals surface area contributed by atoms with E-state index in [0.29, 0.717) is 11.3 Å². The van der Waals surface area contributed by atoms with E-state index >= 15 is 0 Å². The van der Waals surface area contributed by atoms with Gasteiger partial charge >= 0.3 is 6.18 Å². The van der Waals surface area contributed by atoms with Crippen LogP contribution in [0.5, 0.6) is 5.75 Å². The molecule has 0 aliphatic heterocycles. The van der Waals surface area contributed by atoms with Crippen LogP contribution in [-0.2, 0) is 12.6 Å². The van der Waals surface area contributed by atoms with Crippen LogP contribution in [0.25, 0.3) is 10.8 Å². The Balaban J connectivity index is 1.90. The van der Waals surface area contributed by atoms with Crippen LogP contribution in [0.2, 0.25) is 0 Å². The molecule has 2 aromatic rings. The second kappa shape index (κ2) is 8.85. The Morgan fingerprint density at radius 1 is 1.07 bits per heavy atom. The van der Waals surface area contributed by atoms with Crippen molar-refractivity contribution in [1.82, 2.24) is 0 Å². The molecule has 0 radical (unpaired) electrons. The van der Waals surface area contributed by atoms with Crippen LogP contribution < -0.4 is 4.74 Å². The molecule has 0 N–H and O–H groups in total. The Kier molecular flexibility index (Phi) is 6.72. The summed E-state index contributed by atoms with van der Waals surface area (Å²) in [5, 5.41) is 1.73. The molecule has 0 unspecified atom stereocenters. The molecule has 0 aromatic heterocycles. The van der Waals surface area contributed by atoms with E-state index in [0.717, 1.165) is 55.8 Å². The van der Waals surface area contributed by atoms with E-state index in [4.69, 9.17) is 4.74 Å². The first-order valence-corrected chi connectivity index (χ1v) is 10.9. The highest BCUT2D eigenvalue weighted by Crippen LogP contribution is 2.43. The van der Waals surface area contributed by atoms with E-state index in [1.807, 2.05) is 6.07 Å². The fraction of sp³-hybridized carbons (Fsp3) is 0.545. The van der Waals surface area contributed by atoms with Crippen molar-refractivity contribution in [2.24, 2.45) is 5.92 Å². The molecule has 148 valence electrons. The summed E-state index contributed by atoms with van der Waals surface area (Å²) in [6, 6.07) is 8.53. The zero-order chi connectivity index (χ0) is 19.4. The minimum atomic E-state index is -4.44. The number of hydrogen-bond donors (Lipinski definition) is 0. The van der Waals surface area contributed by atoms with Crippen molar-refractivity contribution in [1.29, 1.82) is 0 Å². The Bertz CT molecular complexity index is 764. The average Bonchev–Trinajstić information content (AvgIpc) is 2.65. The Morgan fingerprint density at radius 3 is 2.44 bits per heavy atom. The monoisotopic (exact) mass is 442 g/mol. The van der Waals surface area contributed by atoms with Crippen molar-refractivity contribution in [2.75, 3.05) is 5.33 Å². The number of ether oxygens (including phenoxy) is 1. The number of rotatable bonds is 6. The molecule has 0 heterocycles. The molecule has 5 heteroatoms. The van der Waals surface area contributed by atoms with Crippen LogP contribution in [0, 0.1) is 5.92 Å². The van der Waals surface area contributed by atoms with Gasteiger partial charge in [-0.25, -0.2) is 0 Å². The third-order valence-electron chi connectivity index (χ3n) is 5.59. The number of alkyl halides is 4. The minimum absolute atomic E-state index is 0.0249. The van der Waals surface area contributed by atoms with E-state index in [2.05, 4.69) is 22.9 Å². The molecule has 27 heavy (non-hydrogen) atoms. The fourth-order valence-corrected chi connectivity index (χ4v) is 4.29. The highest BCUT2D eigenvalue weighted by atomic mass is 79.9. The molecule has 3 rings (SSSR count). The lowest BCUT2D eigenvalue weighted by molar-refractivity contribution is -0.138. The lowest BCUT2D eigenvalue weighted by Crippen LogP contribution is -2.25. The van der Waals surface area contributed by atoms with E-state index < -0.39 is 11.7 Å². The van der Waals surface area contributed by atoms with Crippen LogP contribution in [0.15, 0.2) is 30.3 Å². The van der Waals surface area contributed by atoms with Gasteiger partial charge in [-0.05, 0) is 66.8 Å². The first-order valence-electron chi connectivity index (χ1n) is 9.77. The van der Waals surface area contributed by atoms with E-state index in [-0.39, 0.29) is 17.2 Å². The molecular weight excluding hydrogens is 417 g/mol. The second-order valence-electron chi connectivity index (χ2n) is 7.45. The van der Waals surface area contributed by atoms with Gasteiger partial charge in [-0.15, -0.1) is 0 Å². The van der Waals surface area contributed by atoms with E-state index in [1.54, 1.807) is 18.2 Å². The quantitative estimate of drug-likeness (QED) is 0.419. The Morgan fingerprint density at radius 2 is 1.81 bits per heavy atom. The Hall–Kier alpha value is -1.23. The van der Waals surface area contributed by atoms with Gasteiger partial charge in [0.15, 0.2) is 0 Å². The van der Waals surface area contributed by atoms with Gasteiger partial charge in [0, 0.05) is 5.33 Å². The molecule has 1 aliphatic carbocycles. The summed E-state index contributed by atoms with van der Waals surface area (Å²) in [7, 11) is 0.